The largest absolute Gasteiger partial charge is 0.495 e. The number of aryl methyl sites for hydroxylation is 1. The molecule has 1 aromatic heterocycles. The number of ether oxygens (including phenoxy) is 2. The highest BCUT2D eigenvalue weighted by atomic mass is 16.5. The number of methoxy groups -OCH3 is 1. The highest BCUT2D eigenvalue weighted by Gasteiger charge is 2.19. The van der Waals surface area contributed by atoms with Crippen molar-refractivity contribution in [1.82, 2.24) is 0 Å². The van der Waals surface area contributed by atoms with E-state index in [0.717, 1.165) is 21.9 Å². The first kappa shape index (κ1) is 20.6. The van der Waals surface area contributed by atoms with Crippen LogP contribution in [0.25, 0.3) is 21.9 Å². The number of nitrogens with one attached hydrogen (secondary N) is 2. The van der Waals surface area contributed by atoms with E-state index < -0.39 is 18.5 Å². The standard InChI is InChI=1S/C25H20N2O6/c1-31-22-11-17-16-4-2-3-5-20(16)33-21(17)12-19(22)27-24(29)13-32-25(30)15-6-8-18-14(10-15)7-9-23(28)26-18/h2-6,8,10-12H,7,9,13H2,1H3,(H,26,28)(H,27,29). The summed E-state index contributed by atoms with van der Waals surface area (Å²) in [5, 5.41) is 7.29. The summed E-state index contributed by atoms with van der Waals surface area (Å²) in [6, 6.07) is 16.0. The average Bonchev–Trinajstić information content (AvgIpc) is 3.19. The van der Waals surface area contributed by atoms with Crippen molar-refractivity contribution in [2.75, 3.05) is 24.4 Å². The second-order valence-electron chi connectivity index (χ2n) is 7.69. The average molecular weight is 444 g/mol. The molecular weight excluding hydrogens is 424 g/mol. The third-order valence-corrected chi connectivity index (χ3v) is 5.54. The van der Waals surface area contributed by atoms with Gasteiger partial charge in [0.2, 0.25) is 5.91 Å². The van der Waals surface area contributed by atoms with Crippen LogP contribution >= 0.6 is 0 Å². The maximum absolute atomic E-state index is 12.5. The molecule has 0 atom stereocenters. The van der Waals surface area contributed by atoms with Gasteiger partial charge in [0.1, 0.15) is 16.9 Å². The van der Waals surface area contributed by atoms with E-state index >= 15 is 0 Å². The minimum absolute atomic E-state index is 0.0502. The Bertz CT molecular complexity index is 1420. The van der Waals surface area contributed by atoms with Crippen molar-refractivity contribution in [3.63, 3.8) is 0 Å². The first-order valence-corrected chi connectivity index (χ1v) is 10.4. The number of esters is 1. The summed E-state index contributed by atoms with van der Waals surface area (Å²) >= 11 is 0. The molecule has 0 saturated heterocycles. The normalized spacial score (nSPS) is 12.8. The van der Waals surface area contributed by atoms with Crippen LogP contribution in [-0.4, -0.2) is 31.5 Å². The zero-order valence-electron chi connectivity index (χ0n) is 17.8. The molecule has 0 aliphatic carbocycles. The van der Waals surface area contributed by atoms with Gasteiger partial charge in [0, 0.05) is 28.9 Å². The summed E-state index contributed by atoms with van der Waals surface area (Å²) < 4.78 is 16.5. The molecule has 8 nitrogen and oxygen atoms in total. The number of fused-ring (bicyclic) bond motifs is 4. The molecule has 8 heteroatoms. The lowest BCUT2D eigenvalue weighted by Gasteiger charge is -2.17. The third-order valence-electron chi connectivity index (χ3n) is 5.54. The molecule has 33 heavy (non-hydrogen) atoms. The number of hydrogen-bond donors (Lipinski definition) is 2. The van der Waals surface area contributed by atoms with E-state index in [1.807, 2.05) is 24.3 Å². The van der Waals surface area contributed by atoms with Crippen LogP contribution in [0.1, 0.15) is 22.3 Å². The summed E-state index contributed by atoms with van der Waals surface area (Å²) in [6.07, 6.45) is 0.915. The Hall–Kier alpha value is -4.33. The Balaban J connectivity index is 1.28. The maximum atomic E-state index is 12.5. The fourth-order valence-electron chi connectivity index (χ4n) is 3.93. The van der Waals surface area contributed by atoms with Crippen LogP contribution in [0.3, 0.4) is 0 Å². The SMILES string of the molecule is COc1cc2c(cc1NC(=O)COC(=O)c1ccc3c(c1)CCC(=O)N3)oc1ccccc12. The number of hydrogen-bond acceptors (Lipinski definition) is 6. The Morgan fingerprint density at radius 2 is 1.88 bits per heavy atom. The summed E-state index contributed by atoms with van der Waals surface area (Å²) in [5.74, 6) is -0.719. The van der Waals surface area contributed by atoms with Gasteiger partial charge in [-0.15, -0.1) is 0 Å². The van der Waals surface area contributed by atoms with Crippen LogP contribution in [0.2, 0.25) is 0 Å². The fraction of sp³-hybridized carbons (Fsp3) is 0.160. The summed E-state index contributed by atoms with van der Waals surface area (Å²) in [6.45, 7) is -0.464. The van der Waals surface area contributed by atoms with Crippen molar-refractivity contribution < 1.29 is 28.3 Å². The monoisotopic (exact) mass is 444 g/mol. The molecule has 0 bridgehead atoms. The zero-order valence-corrected chi connectivity index (χ0v) is 17.8. The smallest absolute Gasteiger partial charge is 0.338 e. The van der Waals surface area contributed by atoms with Gasteiger partial charge in [-0.2, -0.15) is 0 Å². The first-order valence-electron chi connectivity index (χ1n) is 10.4. The molecule has 0 unspecified atom stereocenters. The Labute approximate surface area is 188 Å². The second kappa shape index (κ2) is 8.31. The van der Waals surface area contributed by atoms with Gasteiger partial charge < -0.3 is 24.5 Å². The Morgan fingerprint density at radius 1 is 1.03 bits per heavy atom. The highest BCUT2D eigenvalue weighted by Crippen LogP contribution is 2.36. The van der Waals surface area contributed by atoms with Crippen molar-refractivity contribution in [3.8, 4) is 5.75 Å². The van der Waals surface area contributed by atoms with Crippen LogP contribution in [-0.2, 0) is 20.7 Å². The van der Waals surface area contributed by atoms with Gasteiger partial charge in [0.25, 0.3) is 5.91 Å². The molecule has 4 aromatic rings. The van der Waals surface area contributed by atoms with Gasteiger partial charge in [-0.3, -0.25) is 9.59 Å². The second-order valence-corrected chi connectivity index (χ2v) is 7.69. The van der Waals surface area contributed by atoms with Gasteiger partial charge in [-0.1, -0.05) is 18.2 Å². The van der Waals surface area contributed by atoms with Crippen LogP contribution in [0.4, 0.5) is 11.4 Å². The van der Waals surface area contributed by atoms with E-state index in [9.17, 15) is 14.4 Å². The predicted molar refractivity (Wildman–Crippen MR) is 123 cm³/mol. The summed E-state index contributed by atoms with van der Waals surface area (Å²) in [4.78, 5) is 36.4. The van der Waals surface area contributed by atoms with Gasteiger partial charge in [-0.05, 0) is 42.3 Å². The molecular formula is C25H20N2O6. The van der Waals surface area contributed by atoms with E-state index in [4.69, 9.17) is 13.9 Å². The Kier molecular flexibility index (Phi) is 5.18. The molecule has 1 aliphatic rings. The van der Waals surface area contributed by atoms with Gasteiger partial charge in [0.15, 0.2) is 6.61 Å². The Morgan fingerprint density at radius 3 is 2.73 bits per heavy atom. The van der Waals surface area contributed by atoms with Crippen molar-refractivity contribution in [2.45, 2.75) is 12.8 Å². The zero-order chi connectivity index (χ0) is 22.9. The van der Waals surface area contributed by atoms with E-state index in [-0.39, 0.29) is 5.91 Å². The fourth-order valence-corrected chi connectivity index (χ4v) is 3.93. The van der Waals surface area contributed by atoms with Crippen molar-refractivity contribution in [3.05, 3.63) is 65.7 Å². The molecule has 2 heterocycles. The van der Waals surface area contributed by atoms with Crippen molar-refractivity contribution in [1.29, 1.82) is 0 Å². The van der Waals surface area contributed by atoms with Crippen LogP contribution in [0, 0.1) is 0 Å². The molecule has 0 saturated carbocycles. The van der Waals surface area contributed by atoms with Crippen molar-refractivity contribution in [2.24, 2.45) is 0 Å². The lowest BCUT2D eigenvalue weighted by molar-refractivity contribution is -0.119. The number of carbonyl (C=O) groups is 3. The van der Waals surface area contributed by atoms with E-state index in [0.29, 0.717) is 41.1 Å². The molecule has 2 amide bonds. The summed E-state index contributed by atoms with van der Waals surface area (Å²) in [7, 11) is 1.51. The first-order chi connectivity index (χ1) is 16.0. The number of para-hydroxylation sites is 1. The number of anilines is 2. The molecule has 5 rings (SSSR count). The minimum Gasteiger partial charge on any atom is -0.495 e. The molecule has 3 aromatic carbocycles. The lowest BCUT2D eigenvalue weighted by Crippen LogP contribution is -2.22. The lowest BCUT2D eigenvalue weighted by atomic mass is 10.0. The van der Waals surface area contributed by atoms with Crippen LogP contribution in [0.5, 0.6) is 5.75 Å². The van der Waals surface area contributed by atoms with Crippen LogP contribution < -0.4 is 15.4 Å². The molecule has 1 aliphatic heterocycles. The van der Waals surface area contributed by atoms with Crippen LogP contribution in [0.15, 0.2) is 59.0 Å². The number of amides is 2. The van der Waals surface area contributed by atoms with Gasteiger partial charge in [0.05, 0.1) is 18.4 Å². The number of rotatable bonds is 5. The summed E-state index contributed by atoms with van der Waals surface area (Å²) in [5.41, 5.74) is 3.61. The molecule has 166 valence electrons. The van der Waals surface area contributed by atoms with E-state index in [1.54, 1.807) is 30.3 Å². The van der Waals surface area contributed by atoms with Crippen molar-refractivity contribution >= 4 is 51.1 Å². The number of carbonyl (C=O) groups excluding carboxylic acids is 3. The quantitative estimate of drug-likeness (QED) is 0.445. The topological polar surface area (TPSA) is 107 Å². The number of benzene rings is 3. The van der Waals surface area contributed by atoms with E-state index in [1.165, 1.54) is 7.11 Å². The molecule has 2 N–H and O–H groups in total. The predicted octanol–water partition coefficient (Wildman–Crippen LogP) is 4.27. The molecule has 0 spiro atoms. The van der Waals surface area contributed by atoms with Gasteiger partial charge >= 0.3 is 5.97 Å². The number of furan rings is 1. The molecule has 0 fully saturated rings. The third kappa shape index (κ3) is 3.98. The van der Waals surface area contributed by atoms with E-state index in [2.05, 4.69) is 10.6 Å². The molecule has 0 radical (unpaired) electrons. The minimum atomic E-state index is -0.621. The van der Waals surface area contributed by atoms with Gasteiger partial charge in [-0.25, -0.2) is 4.79 Å². The highest BCUT2D eigenvalue weighted by molar-refractivity contribution is 6.08. The maximum Gasteiger partial charge on any atom is 0.338 e.